The van der Waals surface area contributed by atoms with Gasteiger partial charge in [0.2, 0.25) is 5.95 Å². The van der Waals surface area contributed by atoms with E-state index in [9.17, 15) is 14.5 Å². The number of ether oxygens (including phenoxy) is 4. The number of thiol groups is 1. The summed E-state index contributed by atoms with van der Waals surface area (Å²) in [7, 11) is 1.53. The second kappa shape index (κ2) is 9.95. The predicted molar refractivity (Wildman–Crippen MR) is 148 cm³/mol. The first-order chi connectivity index (χ1) is 20.2. The maximum absolute atomic E-state index is 14.1. The van der Waals surface area contributed by atoms with Crippen molar-refractivity contribution in [3.63, 3.8) is 0 Å². The second-order valence-electron chi connectivity index (χ2n) is 10.3. The normalized spacial score (nSPS) is 32.3. The van der Waals surface area contributed by atoms with E-state index in [1.165, 1.54) is 30.7 Å². The number of aliphatic hydroxyl groups excluding tert-OH is 1. The van der Waals surface area contributed by atoms with Crippen molar-refractivity contribution in [3.05, 3.63) is 29.3 Å². The molecule has 3 fully saturated rings. The molecule has 4 aromatic rings. The summed E-state index contributed by atoms with van der Waals surface area (Å²) in [5, 5.41) is 9.85. The Morgan fingerprint density at radius 2 is 1.95 bits per heavy atom. The molecule has 1 unspecified atom stereocenters. The van der Waals surface area contributed by atoms with Gasteiger partial charge in [-0.1, -0.05) is 12.2 Å². The van der Waals surface area contributed by atoms with Gasteiger partial charge in [-0.3, -0.25) is 23.5 Å². The summed E-state index contributed by atoms with van der Waals surface area (Å²) in [6, 6.07) is 0. The second-order valence-corrected chi connectivity index (χ2v) is 14.1. The number of aromatic nitrogens is 8. The zero-order valence-electron chi connectivity index (χ0n) is 22.0. The number of rotatable bonds is 8. The average Bonchev–Trinajstić information content (AvgIpc) is 3.71. The van der Waals surface area contributed by atoms with E-state index in [0.717, 1.165) is 0 Å². The van der Waals surface area contributed by atoms with Crippen LogP contribution in [0.15, 0.2) is 23.8 Å². The van der Waals surface area contributed by atoms with Crippen LogP contribution in [0.2, 0.25) is 0 Å². The fourth-order valence-electron chi connectivity index (χ4n) is 5.81. The fraction of sp³-hybridized carbons (Fsp3) is 0.545. The van der Waals surface area contributed by atoms with Crippen LogP contribution in [0.1, 0.15) is 18.9 Å². The van der Waals surface area contributed by atoms with Crippen molar-refractivity contribution in [1.82, 2.24) is 39.0 Å². The summed E-state index contributed by atoms with van der Waals surface area (Å²) in [4.78, 5) is 35.6. The van der Waals surface area contributed by atoms with Crippen LogP contribution in [-0.2, 0) is 28.0 Å². The number of nitrogens with zero attached hydrogens (tertiary/aromatic N) is 7. The molecule has 0 bridgehead atoms. The molecule has 0 aromatic carbocycles. The lowest BCUT2D eigenvalue weighted by Crippen LogP contribution is -2.61. The number of H-pyrrole nitrogens is 1. The molecule has 42 heavy (non-hydrogen) atoms. The number of hydrogen-bond donors (Lipinski definition) is 5. The predicted octanol–water partition coefficient (Wildman–Crippen LogP) is -0.407. The highest BCUT2D eigenvalue weighted by Gasteiger charge is 2.64. The van der Waals surface area contributed by atoms with Gasteiger partial charge >= 0.3 is 0 Å². The highest BCUT2D eigenvalue weighted by atomic mass is 32.7. The Bertz CT molecular complexity index is 1780. The van der Waals surface area contributed by atoms with Crippen molar-refractivity contribution in [2.75, 3.05) is 38.4 Å². The van der Waals surface area contributed by atoms with Gasteiger partial charge in [0.15, 0.2) is 28.9 Å². The van der Waals surface area contributed by atoms with Gasteiger partial charge in [-0.05, 0) is 6.42 Å². The molecule has 20 heteroatoms. The van der Waals surface area contributed by atoms with E-state index >= 15 is 0 Å². The lowest BCUT2D eigenvalue weighted by molar-refractivity contribution is -0.243. The largest absolute Gasteiger partial charge is 0.394 e. The smallest absolute Gasteiger partial charge is 0.280 e. The van der Waals surface area contributed by atoms with E-state index in [4.69, 9.17) is 34.9 Å². The minimum absolute atomic E-state index is 0.0253. The van der Waals surface area contributed by atoms with Crippen molar-refractivity contribution in [1.29, 1.82) is 0 Å². The van der Waals surface area contributed by atoms with Gasteiger partial charge in [-0.25, -0.2) is 19.9 Å². The SMILES string of the molecule is CO[C@H]1[C@H](n2cnc3c(N)ncnc32)O[C@@]2(COP(=O)(S)[C@@H]3C[C@@H](CO)O[C@H]3n3cnc4c(=O)[nH]c(N)nc43)CO[C@@H]12. The molecular formula is C22H27N10O8PS. The van der Waals surface area contributed by atoms with Crippen LogP contribution in [0.3, 0.4) is 0 Å². The molecule has 8 atom stereocenters. The van der Waals surface area contributed by atoms with Gasteiger partial charge in [0.05, 0.1) is 44.2 Å². The Morgan fingerprint density at radius 3 is 2.67 bits per heavy atom. The summed E-state index contributed by atoms with van der Waals surface area (Å²) in [6.07, 6.45) is 0.860. The van der Waals surface area contributed by atoms with E-state index in [-0.39, 0.29) is 49.2 Å². The first-order valence-electron chi connectivity index (χ1n) is 12.9. The molecule has 18 nitrogen and oxygen atoms in total. The molecule has 7 heterocycles. The summed E-state index contributed by atoms with van der Waals surface area (Å²) >= 11 is 4.49. The van der Waals surface area contributed by atoms with Crippen molar-refractivity contribution in [2.45, 2.75) is 48.4 Å². The van der Waals surface area contributed by atoms with Crippen molar-refractivity contribution in [3.8, 4) is 0 Å². The quantitative estimate of drug-likeness (QED) is 0.124. The van der Waals surface area contributed by atoms with Crippen LogP contribution in [0.4, 0.5) is 11.8 Å². The van der Waals surface area contributed by atoms with E-state index in [0.29, 0.717) is 11.2 Å². The monoisotopic (exact) mass is 622 g/mol. The molecule has 0 aliphatic carbocycles. The van der Waals surface area contributed by atoms with Crippen molar-refractivity contribution >= 4 is 52.9 Å². The van der Waals surface area contributed by atoms with Crippen molar-refractivity contribution < 1.29 is 33.1 Å². The summed E-state index contributed by atoms with van der Waals surface area (Å²) in [5.41, 5.74) is 10.3. The molecule has 0 amide bonds. The minimum Gasteiger partial charge on any atom is -0.394 e. The number of hydrogen-bond acceptors (Lipinski definition) is 15. The number of aliphatic hydroxyl groups is 1. The molecule has 3 aliphatic rings. The Labute approximate surface area is 241 Å². The zero-order valence-corrected chi connectivity index (χ0v) is 23.8. The Morgan fingerprint density at radius 1 is 1.19 bits per heavy atom. The summed E-state index contributed by atoms with van der Waals surface area (Å²) in [6.45, 7) is -4.14. The topological polar surface area (TPSA) is 243 Å². The molecule has 7 rings (SSSR count). The van der Waals surface area contributed by atoms with Crippen LogP contribution >= 0.6 is 18.8 Å². The van der Waals surface area contributed by atoms with Gasteiger partial charge < -0.3 is 40.0 Å². The van der Waals surface area contributed by atoms with E-state index < -0.39 is 54.2 Å². The number of fused-ring (bicyclic) bond motifs is 3. The molecule has 0 radical (unpaired) electrons. The number of nitrogen functional groups attached to an aromatic ring is 2. The Hall–Kier alpha value is -3.16. The van der Waals surface area contributed by atoms with Crippen molar-refractivity contribution in [2.24, 2.45) is 0 Å². The van der Waals surface area contributed by atoms with Crippen LogP contribution in [0.5, 0.6) is 0 Å². The maximum Gasteiger partial charge on any atom is 0.280 e. The van der Waals surface area contributed by atoms with Gasteiger partial charge in [0, 0.05) is 7.11 Å². The summed E-state index contributed by atoms with van der Waals surface area (Å²) in [5.74, 6) is 0.102. The first-order valence-corrected chi connectivity index (χ1v) is 15.7. The van der Waals surface area contributed by atoms with E-state index in [1.54, 1.807) is 4.57 Å². The molecule has 0 spiro atoms. The lowest BCUT2D eigenvalue weighted by atomic mass is 9.91. The van der Waals surface area contributed by atoms with Gasteiger partial charge in [0.1, 0.15) is 35.9 Å². The third-order valence-corrected chi connectivity index (χ3v) is 10.9. The Balaban J connectivity index is 1.16. The number of nitrogens with two attached hydrogens (primary N) is 2. The van der Waals surface area contributed by atoms with E-state index in [2.05, 4.69) is 42.2 Å². The highest BCUT2D eigenvalue weighted by molar-refractivity contribution is 8.46. The standard InChI is InChI=1S/C22H27N10O8PS/c1-36-13-14-22(4-37-14,40-20(13)31-7-27-11-15(23)25-6-26-16(11)31)5-38-41(35,42)10-2-9(3-33)39-19(10)32-8-28-12-17(32)29-21(24)30-18(12)34/h6-10,13-14,19-20,33H,2-5H2,1H3,(H,35,42)(H2,23,25,26)(H3,24,29,30,34)/t9-,10+,13+,14-,19+,20+,22+,41?/m0/s1. The molecule has 3 saturated heterocycles. The average molecular weight is 623 g/mol. The van der Waals surface area contributed by atoms with Gasteiger partial charge in [-0.15, -0.1) is 0 Å². The van der Waals surface area contributed by atoms with Gasteiger partial charge in [0.25, 0.3) is 12.1 Å². The number of aromatic amines is 1. The highest BCUT2D eigenvalue weighted by Crippen LogP contribution is 2.64. The molecular weight excluding hydrogens is 595 g/mol. The molecule has 224 valence electrons. The molecule has 6 N–H and O–H groups in total. The number of anilines is 2. The number of methoxy groups -OCH3 is 1. The molecule has 4 aromatic heterocycles. The molecule has 0 saturated carbocycles. The summed E-state index contributed by atoms with van der Waals surface area (Å²) < 4.78 is 47.4. The lowest BCUT2D eigenvalue weighted by Gasteiger charge is -2.44. The van der Waals surface area contributed by atoms with Crippen LogP contribution in [0.25, 0.3) is 22.3 Å². The number of nitrogens with one attached hydrogen (secondary N) is 1. The first kappa shape index (κ1) is 27.7. The maximum atomic E-state index is 14.1. The van der Waals surface area contributed by atoms with Crippen LogP contribution < -0.4 is 17.0 Å². The minimum atomic E-state index is -3.80. The van der Waals surface area contributed by atoms with Crippen LogP contribution in [0, 0.1) is 0 Å². The van der Waals surface area contributed by atoms with Crippen LogP contribution in [-0.4, -0.2) is 101 Å². The zero-order chi connectivity index (χ0) is 29.4. The van der Waals surface area contributed by atoms with Gasteiger partial charge in [-0.2, -0.15) is 4.98 Å². The van der Waals surface area contributed by atoms with E-state index in [1.807, 2.05) is 0 Å². The Kier molecular flexibility index (Phi) is 6.55. The third kappa shape index (κ3) is 4.15. The number of imidazole rings is 2. The fourth-order valence-corrected chi connectivity index (χ4v) is 8.24. The third-order valence-electron chi connectivity index (χ3n) is 7.90. The molecule has 3 aliphatic heterocycles.